The minimum absolute atomic E-state index is 0.191. The molecule has 1 amide bonds. The molecule has 0 unspecified atom stereocenters. The highest BCUT2D eigenvalue weighted by atomic mass is 35.5. The molecule has 0 spiro atoms. The first-order valence-corrected chi connectivity index (χ1v) is 9.41. The van der Waals surface area contributed by atoms with Gasteiger partial charge in [0.15, 0.2) is 0 Å². The highest BCUT2D eigenvalue weighted by Gasteiger charge is 2.41. The highest BCUT2D eigenvalue weighted by molar-refractivity contribution is 6.31. The van der Waals surface area contributed by atoms with Crippen LogP contribution in [0.5, 0.6) is 0 Å². The number of para-hydroxylation sites is 2. The zero-order valence-corrected chi connectivity index (χ0v) is 15.5. The van der Waals surface area contributed by atoms with Gasteiger partial charge in [0.2, 0.25) is 5.91 Å². The van der Waals surface area contributed by atoms with Crippen molar-refractivity contribution in [1.29, 1.82) is 5.26 Å². The summed E-state index contributed by atoms with van der Waals surface area (Å²) < 4.78 is 1.98. The van der Waals surface area contributed by atoms with Crippen molar-refractivity contribution < 1.29 is 4.79 Å². The number of nitrogens with one attached hydrogen (secondary N) is 1. The summed E-state index contributed by atoms with van der Waals surface area (Å²) in [5.41, 5.74) is 2.79. The number of halogens is 1. The summed E-state index contributed by atoms with van der Waals surface area (Å²) in [6.07, 6.45) is 4.89. The Kier molecular flexibility index (Phi) is 4.59. The number of amides is 1. The Hall–Kier alpha value is -2.84. The summed E-state index contributed by atoms with van der Waals surface area (Å²) in [6, 6.07) is 15.8. The molecule has 0 saturated heterocycles. The molecule has 4 rings (SSSR count). The maximum Gasteiger partial charge on any atom is 0.240 e. The topological polar surface area (TPSA) is 70.7 Å². The van der Waals surface area contributed by atoms with E-state index in [1.54, 1.807) is 6.33 Å². The van der Waals surface area contributed by atoms with Crippen molar-refractivity contribution >= 4 is 28.5 Å². The number of hydrogen-bond donors (Lipinski definition) is 1. The van der Waals surface area contributed by atoms with Crippen molar-refractivity contribution in [2.75, 3.05) is 0 Å². The third-order valence-corrected chi connectivity index (χ3v) is 5.67. The van der Waals surface area contributed by atoms with Crippen LogP contribution in [0, 0.1) is 16.7 Å². The van der Waals surface area contributed by atoms with Crippen LogP contribution in [0.25, 0.3) is 16.7 Å². The van der Waals surface area contributed by atoms with Crippen LogP contribution >= 0.6 is 11.6 Å². The van der Waals surface area contributed by atoms with E-state index in [0.717, 1.165) is 35.1 Å². The van der Waals surface area contributed by atoms with Gasteiger partial charge in [0.1, 0.15) is 11.7 Å². The number of nitriles is 1. The third-order valence-electron chi connectivity index (χ3n) is 5.31. The molecule has 1 aliphatic rings. The van der Waals surface area contributed by atoms with E-state index < -0.39 is 5.41 Å². The summed E-state index contributed by atoms with van der Waals surface area (Å²) in [5.74, 6) is -0.191. The second-order valence-corrected chi connectivity index (χ2v) is 7.37. The second kappa shape index (κ2) is 7.05. The zero-order chi connectivity index (χ0) is 18.9. The van der Waals surface area contributed by atoms with Crippen LogP contribution in [0.4, 0.5) is 0 Å². The molecule has 2 aromatic carbocycles. The maximum absolute atomic E-state index is 12.5. The molecule has 1 saturated carbocycles. The molecule has 1 N–H and O–H groups in total. The monoisotopic (exact) mass is 378 g/mol. The Bertz CT molecular complexity index is 1040. The fourth-order valence-electron chi connectivity index (χ4n) is 3.71. The van der Waals surface area contributed by atoms with Crippen LogP contribution in [-0.4, -0.2) is 15.5 Å². The van der Waals surface area contributed by atoms with E-state index in [2.05, 4.69) is 16.4 Å². The van der Waals surface area contributed by atoms with Gasteiger partial charge in [-0.3, -0.25) is 9.36 Å². The number of nitrogens with zero attached hydrogens (tertiary/aromatic N) is 3. The first-order chi connectivity index (χ1) is 13.1. The minimum Gasteiger partial charge on any atom is -0.351 e. The Labute approximate surface area is 162 Å². The summed E-state index contributed by atoms with van der Waals surface area (Å²) in [5, 5.41) is 12.9. The normalized spacial score (nSPS) is 15.6. The molecule has 136 valence electrons. The minimum atomic E-state index is -0.873. The molecule has 3 aromatic rings. The molecule has 1 fully saturated rings. The van der Waals surface area contributed by atoms with E-state index in [9.17, 15) is 10.1 Å². The zero-order valence-electron chi connectivity index (χ0n) is 14.8. The number of rotatable bonds is 4. The van der Waals surface area contributed by atoms with E-state index in [-0.39, 0.29) is 5.91 Å². The van der Waals surface area contributed by atoms with Crippen molar-refractivity contribution in [2.45, 2.75) is 32.2 Å². The van der Waals surface area contributed by atoms with Gasteiger partial charge in [0, 0.05) is 17.3 Å². The first kappa shape index (κ1) is 17.6. The highest BCUT2D eigenvalue weighted by Crippen LogP contribution is 2.37. The number of benzene rings is 2. The summed E-state index contributed by atoms with van der Waals surface area (Å²) in [4.78, 5) is 16.9. The average molecular weight is 379 g/mol. The van der Waals surface area contributed by atoms with Crippen LogP contribution in [0.2, 0.25) is 5.02 Å². The van der Waals surface area contributed by atoms with Gasteiger partial charge in [0.25, 0.3) is 0 Å². The van der Waals surface area contributed by atoms with E-state index >= 15 is 0 Å². The standard InChI is InChI=1S/C21H19ClN4O/c22-17-11-16(26-14-25-18-5-1-2-6-19(18)26)8-7-15(17)12-24-20(27)21(13-23)9-3-4-10-21/h1-2,5-8,11,14H,3-4,9-10,12H2,(H,24,27). The van der Waals surface area contributed by atoms with Crippen LogP contribution in [0.1, 0.15) is 31.2 Å². The average Bonchev–Trinajstić information content (AvgIpc) is 3.34. The van der Waals surface area contributed by atoms with Crippen LogP contribution in [0.15, 0.2) is 48.8 Å². The number of hydrogen-bond acceptors (Lipinski definition) is 3. The largest absolute Gasteiger partial charge is 0.351 e. The Balaban J connectivity index is 1.52. The van der Waals surface area contributed by atoms with Crippen molar-refractivity contribution in [2.24, 2.45) is 5.41 Å². The lowest BCUT2D eigenvalue weighted by Crippen LogP contribution is -2.37. The van der Waals surface area contributed by atoms with Crippen LogP contribution in [-0.2, 0) is 11.3 Å². The molecule has 0 aliphatic heterocycles. The molecule has 6 heteroatoms. The molecule has 0 bridgehead atoms. The van der Waals surface area contributed by atoms with E-state index in [1.807, 2.05) is 47.0 Å². The summed E-state index contributed by atoms with van der Waals surface area (Å²) >= 11 is 6.46. The molecule has 1 aromatic heterocycles. The summed E-state index contributed by atoms with van der Waals surface area (Å²) in [6.45, 7) is 0.312. The fourth-order valence-corrected chi connectivity index (χ4v) is 3.95. The van der Waals surface area contributed by atoms with E-state index in [4.69, 9.17) is 11.6 Å². The SMILES string of the molecule is N#CC1(C(=O)NCc2ccc(-n3cnc4ccccc43)cc2Cl)CCCC1. The third kappa shape index (κ3) is 3.17. The van der Waals surface area contributed by atoms with Crippen molar-refractivity contribution in [1.82, 2.24) is 14.9 Å². The van der Waals surface area contributed by atoms with Gasteiger partial charge in [-0.25, -0.2) is 4.98 Å². The van der Waals surface area contributed by atoms with Gasteiger partial charge >= 0.3 is 0 Å². The predicted octanol–water partition coefficient (Wildman–Crippen LogP) is 4.38. The number of imidazole rings is 1. The lowest BCUT2D eigenvalue weighted by atomic mass is 9.87. The van der Waals surface area contributed by atoms with Gasteiger partial charge in [-0.1, -0.05) is 42.6 Å². The molecule has 27 heavy (non-hydrogen) atoms. The van der Waals surface area contributed by atoms with Crippen LogP contribution < -0.4 is 5.32 Å². The van der Waals surface area contributed by atoms with E-state index in [0.29, 0.717) is 24.4 Å². The maximum atomic E-state index is 12.5. The van der Waals surface area contributed by atoms with Crippen LogP contribution in [0.3, 0.4) is 0 Å². The Morgan fingerprint density at radius 2 is 2.04 bits per heavy atom. The first-order valence-electron chi connectivity index (χ1n) is 9.03. The molecule has 5 nitrogen and oxygen atoms in total. The van der Waals surface area contributed by atoms with Gasteiger partial charge in [-0.2, -0.15) is 5.26 Å². The van der Waals surface area contributed by atoms with Crippen molar-refractivity contribution in [3.05, 3.63) is 59.4 Å². The molecule has 1 heterocycles. The predicted molar refractivity (Wildman–Crippen MR) is 104 cm³/mol. The Morgan fingerprint density at radius 3 is 2.78 bits per heavy atom. The van der Waals surface area contributed by atoms with Crippen molar-refractivity contribution in [3.8, 4) is 11.8 Å². The lowest BCUT2D eigenvalue weighted by Gasteiger charge is -2.19. The second-order valence-electron chi connectivity index (χ2n) is 6.96. The number of fused-ring (bicyclic) bond motifs is 1. The number of carbonyl (C=O) groups is 1. The van der Waals surface area contributed by atoms with E-state index in [1.165, 1.54) is 0 Å². The van der Waals surface area contributed by atoms with Gasteiger partial charge in [0.05, 0.1) is 17.1 Å². The molecular weight excluding hydrogens is 360 g/mol. The fraction of sp³-hybridized carbons (Fsp3) is 0.286. The molecular formula is C21H19ClN4O. The summed E-state index contributed by atoms with van der Waals surface area (Å²) in [7, 11) is 0. The Morgan fingerprint density at radius 1 is 1.26 bits per heavy atom. The molecule has 0 radical (unpaired) electrons. The van der Waals surface area contributed by atoms with Crippen molar-refractivity contribution in [3.63, 3.8) is 0 Å². The quantitative estimate of drug-likeness (QED) is 0.732. The number of aromatic nitrogens is 2. The van der Waals surface area contributed by atoms with Gasteiger partial charge < -0.3 is 5.32 Å². The molecule has 1 aliphatic carbocycles. The van der Waals surface area contributed by atoms with Gasteiger partial charge in [-0.05, 0) is 42.7 Å². The number of carbonyl (C=O) groups excluding carboxylic acids is 1. The van der Waals surface area contributed by atoms with Gasteiger partial charge in [-0.15, -0.1) is 0 Å². The smallest absolute Gasteiger partial charge is 0.240 e. The molecule has 0 atom stereocenters. The lowest BCUT2D eigenvalue weighted by molar-refractivity contribution is -0.128.